The van der Waals surface area contributed by atoms with Crippen molar-refractivity contribution in [1.29, 1.82) is 0 Å². The third-order valence-electron chi connectivity index (χ3n) is 4.55. The van der Waals surface area contributed by atoms with Crippen LogP contribution in [-0.2, 0) is 19.8 Å². The predicted molar refractivity (Wildman–Crippen MR) is 110 cm³/mol. The van der Waals surface area contributed by atoms with Gasteiger partial charge in [0, 0.05) is 42.7 Å². The molecular formula is C20H25N6OS+. The molecule has 7 nitrogen and oxygen atoms in total. The summed E-state index contributed by atoms with van der Waals surface area (Å²) in [5.74, 6) is 0.782. The number of carbonyl (C=O) groups excluding carboxylic acids is 1. The third kappa shape index (κ3) is 4.35. The van der Waals surface area contributed by atoms with E-state index in [-0.39, 0.29) is 5.91 Å². The number of rotatable bonds is 7. The van der Waals surface area contributed by atoms with Gasteiger partial charge in [-0.2, -0.15) is 4.68 Å². The highest BCUT2D eigenvalue weighted by Gasteiger charge is 2.14. The Bertz CT molecular complexity index is 994. The van der Waals surface area contributed by atoms with Crippen molar-refractivity contribution in [2.24, 2.45) is 0 Å². The number of benzene rings is 1. The molecule has 0 bridgehead atoms. The number of aromatic nitrogens is 4. The van der Waals surface area contributed by atoms with Crippen molar-refractivity contribution in [3.63, 3.8) is 0 Å². The maximum absolute atomic E-state index is 11.7. The lowest BCUT2D eigenvalue weighted by molar-refractivity contribution is -0.917. The van der Waals surface area contributed by atoms with Crippen molar-refractivity contribution in [1.82, 2.24) is 24.6 Å². The van der Waals surface area contributed by atoms with E-state index >= 15 is 0 Å². The van der Waals surface area contributed by atoms with E-state index in [1.807, 2.05) is 45.6 Å². The summed E-state index contributed by atoms with van der Waals surface area (Å²) < 4.78 is 4.63. The van der Waals surface area contributed by atoms with Crippen LogP contribution in [0.1, 0.15) is 22.8 Å². The van der Waals surface area contributed by atoms with Crippen molar-refractivity contribution >= 4 is 18.1 Å². The van der Waals surface area contributed by atoms with Crippen LogP contribution in [0.25, 0.3) is 11.4 Å². The van der Waals surface area contributed by atoms with Gasteiger partial charge in [-0.15, -0.1) is 5.10 Å². The lowest BCUT2D eigenvalue weighted by atomic mass is 10.1. The number of hydrogen-bond donors (Lipinski definition) is 2. The molecule has 146 valence electrons. The zero-order chi connectivity index (χ0) is 20.1. The number of hydrogen-bond acceptors (Lipinski definition) is 4. The van der Waals surface area contributed by atoms with Crippen LogP contribution in [0.2, 0.25) is 0 Å². The molecule has 0 spiro atoms. The highest BCUT2D eigenvalue weighted by Crippen LogP contribution is 2.17. The first-order chi connectivity index (χ1) is 13.5. The Morgan fingerprint density at radius 1 is 1.18 bits per heavy atom. The van der Waals surface area contributed by atoms with E-state index in [4.69, 9.17) is 17.3 Å². The summed E-state index contributed by atoms with van der Waals surface area (Å²) in [7, 11) is 3.74. The lowest BCUT2D eigenvalue weighted by Crippen LogP contribution is -3.07. The minimum Gasteiger partial charge on any atom is -0.355 e. The van der Waals surface area contributed by atoms with E-state index in [0.29, 0.717) is 17.0 Å². The topological polar surface area (TPSA) is 69.2 Å². The van der Waals surface area contributed by atoms with Crippen LogP contribution in [-0.4, -0.2) is 39.3 Å². The third-order valence-corrected chi connectivity index (χ3v) is 4.98. The standard InChI is InChI=1S/C20H24N6OS/c1-4-25-18(16-9-11-22-12-10-16)23-26(20(25)28)14-24(3)13-15-5-7-17(8-6-15)19(27)21-2/h5-12H,4,13-14H2,1-3H3,(H,21,27)/p+1. The van der Waals surface area contributed by atoms with Crippen molar-refractivity contribution in [2.45, 2.75) is 26.7 Å². The van der Waals surface area contributed by atoms with Gasteiger partial charge in [-0.3, -0.25) is 9.78 Å². The lowest BCUT2D eigenvalue weighted by Gasteiger charge is -2.14. The molecule has 2 heterocycles. The number of quaternary nitrogens is 1. The number of nitrogens with zero attached hydrogens (tertiary/aromatic N) is 4. The van der Waals surface area contributed by atoms with Crippen LogP contribution in [0.5, 0.6) is 0 Å². The molecule has 3 rings (SSSR count). The second-order valence-electron chi connectivity index (χ2n) is 6.65. The number of amides is 1. The van der Waals surface area contributed by atoms with Crippen molar-refractivity contribution in [2.75, 3.05) is 14.1 Å². The summed E-state index contributed by atoms with van der Waals surface area (Å²) >= 11 is 5.64. The van der Waals surface area contributed by atoms with Gasteiger partial charge in [0.2, 0.25) is 4.77 Å². The number of pyridine rings is 1. The average molecular weight is 398 g/mol. The van der Waals surface area contributed by atoms with E-state index in [9.17, 15) is 4.79 Å². The summed E-state index contributed by atoms with van der Waals surface area (Å²) in [6, 6.07) is 11.6. The molecule has 0 saturated carbocycles. The SMILES string of the molecule is CCn1c(-c2ccncc2)nn(C[NH+](C)Cc2ccc(C(=O)NC)cc2)c1=S. The van der Waals surface area contributed by atoms with Crippen LogP contribution in [0.15, 0.2) is 48.8 Å². The van der Waals surface area contributed by atoms with Gasteiger partial charge in [-0.25, -0.2) is 0 Å². The molecule has 1 unspecified atom stereocenters. The Morgan fingerprint density at radius 2 is 1.86 bits per heavy atom. The zero-order valence-corrected chi connectivity index (χ0v) is 17.2. The molecule has 0 aliphatic rings. The van der Waals surface area contributed by atoms with Gasteiger partial charge in [-0.1, -0.05) is 12.1 Å². The Labute approximate surface area is 169 Å². The number of nitrogens with one attached hydrogen (secondary N) is 2. The van der Waals surface area contributed by atoms with Crippen molar-refractivity contribution in [3.8, 4) is 11.4 Å². The molecular weight excluding hydrogens is 372 g/mol. The minimum atomic E-state index is -0.0766. The van der Waals surface area contributed by atoms with Crippen LogP contribution in [0, 0.1) is 4.77 Å². The van der Waals surface area contributed by atoms with E-state index < -0.39 is 0 Å². The molecule has 0 fully saturated rings. The first kappa shape index (κ1) is 19.9. The fourth-order valence-corrected chi connectivity index (χ4v) is 3.44. The normalized spacial score (nSPS) is 12.0. The van der Waals surface area contributed by atoms with Crippen LogP contribution < -0.4 is 10.2 Å². The molecule has 0 aliphatic heterocycles. The molecule has 1 aromatic carbocycles. The molecule has 1 amide bonds. The first-order valence-corrected chi connectivity index (χ1v) is 9.64. The van der Waals surface area contributed by atoms with E-state index in [2.05, 4.69) is 24.3 Å². The Morgan fingerprint density at radius 3 is 2.46 bits per heavy atom. The minimum absolute atomic E-state index is 0.0766. The maximum Gasteiger partial charge on any atom is 0.251 e. The maximum atomic E-state index is 11.7. The van der Waals surface area contributed by atoms with Gasteiger partial charge in [0.25, 0.3) is 5.91 Å². The summed E-state index contributed by atoms with van der Waals surface area (Å²) in [6.45, 7) is 4.29. The van der Waals surface area contributed by atoms with E-state index in [0.717, 1.165) is 30.0 Å². The molecule has 2 aromatic heterocycles. The van der Waals surface area contributed by atoms with Gasteiger partial charge in [0.15, 0.2) is 12.5 Å². The predicted octanol–water partition coefficient (Wildman–Crippen LogP) is 1.53. The fourth-order valence-electron chi connectivity index (χ4n) is 3.12. The summed E-state index contributed by atoms with van der Waals surface area (Å²) in [4.78, 5) is 17.0. The second-order valence-corrected chi connectivity index (χ2v) is 7.02. The van der Waals surface area contributed by atoms with Gasteiger partial charge in [0.1, 0.15) is 6.54 Å². The molecule has 0 saturated heterocycles. The molecule has 0 aliphatic carbocycles. The molecule has 1 atom stereocenters. The largest absolute Gasteiger partial charge is 0.355 e. The van der Waals surface area contributed by atoms with Crippen LogP contribution in [0.4, 0.5) is 0 Å². The molecule has 8 heteroatoms. The van der Waals surface area contributed by atoms with Crippen LogP contribution >= 0.6 is 12.2 Å². The highest BCUT2D eigenvalue weighted by molar-refractivity contribution is 7.71. The van der Waals surface area contributed by atoms with Gasteiger partial charge in [-0.05, 0) is 43.4 Å². The first-order valence-electron chi connectivity index (χ1n) is 9.23. The van der Waals surface area contributed by atoms with E-state index in [1.54, 1.807) is 19.4 Å². The monoisotopic (exact) mass is 397 g/mol. The van der Waals surface area contributed by atoms with Gasteiger partial charge in [0.05, 0.1) is 7.05 Å². The van der Waals surface area contributed by atoms with Gasteiger partial charge < -0.3 is 14.8 Å². The molecule has 0 radical (unpaired) electrons. The highest BCUT2D eigenvalue weighted by atomic mass is 32.1. The molecule has 28 heavy (non-hydrogen) atoms. The summed E-state index contributed by atoms with van der Waals surface area (Å²) in [5.41, 5.74) is 2.82. The summed E-state index contributed by atoms with van der Waals surface area (Å²) in [5, 5.41) is 7.39. The fraction of sp³-hybridized carbons (Fsp3) is 0.300. The quantitative estimate of drug-likeness (QED) is 0.594. The Hall–Kier alpha value is -2.84. The van der Waals surface area contributed by atoms with Crippen LogP contribution in [0.3, 0.4) is 0 Å². The van der Waals surface area contributed by atoms with Crippen molar-refractivity contribution in [3.05, 3.63) is 64.7 Å². The zero-order valence-electron chi connectivity index (χ0n) is 16.3. The average Bonchev–Trinajstić information content (AvgIpc) is 3.03. The molecule has 3 aromatic rings. The Balaban J connectivity index is 1.75. The summed E-state index contributed by atoms with van der Waals surface area (Å²) in [6.07, 6.45) is 3.52. The smallest absolute Gasteiger partial charge is 0.251 e. The van der Waals surface area contributed by atoms with E-state index in [1.165, 1.54) is 4.90 Å². The van der Waals surface area contributed by atoms with Crippen molar-refractivity contribution < 1.29 is 9.69 Å². The number of carbonyl (C=O) groups is 1. The second kappa shape index (κ2) is 8.90. The van der Waals surface area contributed by atoms with Gasteiger partial charge >= 0.3 is 0 Å². The molecule has 2 N–H and O–H groups in total. The Kier molecular flexibility index (Phi) is 6.33.